The van der Waals surface area contributed by atoms with Crippen LogP contribution in [0.1, 0.15) is 15.9 Å². The zero-order chi connectivity index (χ0) is 14.7. The minimum Gasteiger partial charge on any atom is -0.368 e. The largest absolute Gasteiger partial charge is 0.368 e. The number of benzene rings is 1. The number of rotatable bonds is 4. The van der Waals surface area contributed by atoms with E-state index < -0.39 is 5.91 Å². The van der Waals surface area contributed by atoms with E-state index in [0.717, 1.165) is 10.0 Å². The lowest BCUT2D eigenvalue weighted by Gasteiger charge is -2.05. The Morgan fingerprint density at radius 3 is 2.85 bits per heavy atom. The third-order valence-corrected chi connectivity index (χ3v) is 3.23. The number of anilines is 1. The summed E-state index contributed by atoms with van der Waals surface area (Å²) in [6, 6.07) is 5.46. The molecule has 0 saturated heterocycles. The van der Waals surface area contributed by atoms with Crippen LogP contribution >= 0.6 is 15.9 Å². The summed E-state index contributed by atoms with van der Waals surface area (Å²) in [4.78, 5) is 22.9. The zero-order valence-corrected chi connectivity index (χ0v) is 12.3. The number of nitrogens with one attached hydrogen (secondary N) is 1. The van der Waals surface area contributed by atoms with Crippen molar-refractivity contribution in [3.05, 3.63) is 46.2 Å². The number of aromatic nitrogens is 2. The molecule has 3 N–H and O–H groups in total. The van der Waals surface area contributed by atoms with Gasteiger partial charge >= 0.3 is 0 Å². The molecular formula is C13H13BrN4O2. The van der Waals surface area contributed by atoms with Crippen LogP contribution in [-0.2, 0) is 11.3 Å². The molecule has 1 heterocycles. The van der Waals surface area contributed by atoms with E-state index in [-0.39, 0.29) is 12.5 Å². The van der Waals surface area contributed by atoms with Gasteiger partial charge < -0.3 is 11.1 Å². The molecule has 2 amide bonds. The van der Waals surface area contributed by atoms with E-state index in [2.05, 4.69) is 26.3 Å². The topological polar surface area (TPSA) is 90.0 Å². The molecule has 0 unspecified atom stereocenters. The maximum absolute atomic E-state index is 12.1. The van der Waals surface area contributed by atoms with Crippen molar-refractivity contribution in [3.63, 3.8) is 0 Å². The summed E-state index contributed by atoms with van der Waals surface area (Å²) < 4.78 is 2.09. The third-order valence-electron chi connectivity index (χ3n) is 2.58. The maximum Gasteiger partial charge on any atom is 0.256 e. The lowest BCUT2D eigenvalue weighted by Crippen LogP contribution is -2.18. The lowest BCUT2D eigenvalue weighted by atomic mass is 10.1. The highest BCUT2D eigenvalue weighted by Gasteiger charge is 2.11. The average molecular weight is 337 g/mol. The second-order valence-corrected chi connectivity index (χ2v) is 5.18. The number of aryl methyl sites for hydroxylation is 1. The van der Waals surface area contributed by atoms with Gasteiger partial charge in [0.1, 0.15) is 6.54 Å². The molecule has 7 heteroatoms. The van der Waals surface area contributed by atoms with E-state index in [1.54, 1.807) is 12.3 Å². The quantitative estimate of drug-likeness (QED) is 0.890. The number of amides is 2. The SMILES string of the molecule is Cc1ccc(C(=O)Nc2cnn(CC(N)=O)c2)c(Br)c1. The van der Waals surface area contributed by atoms with Crippen molar-refractivity contribution in [1.29, 1.82) is 0 Å². The summed E-state index contributed by atoms with van der Waals surface area (Å²) in [6.45, 7) is 1.92. The molecular weight excluding hydrogens is 324 g/mol. The first-order valence-electron chi connectivity index (χ1n) is 5.84. The van der Waals surface area contributed by atoms with Gasteiger partial charge in [0.25, 0.3) is 5.91 Å². The fourth-order valence-corrected chi connectivity index (χ4v) is 2.35. The number of hydrogen-bond acceptors (Lipinski definition) is 3. The first-order chi connectivity index (χ1) is 9.45. The molecule has 0 bridgehead atoms. The molecule has 0 radical (unpaired) electrons. The molecule has 1 aromatic carbocycles. The minimum atomic E-state index is -0.493. The molecule has 104 valence electrons. The van der Waals surface area contributed by atoms with Crippen molar-refractivity contribution in [2.45, 2.75) is 13.5 Å². The van der Waals surface area contributed by atoms with E-state index in [9.17, 15) is 9.59 Å². The van der Waals surface area contributed by atoms with Crippen LogP contribution in [0.25, 0.3) is 0 Å². The zero-order valence-electron chi connectivity index (χ0n) is 10.8. The number of carbonyl (C=O) groups excluding carboxylic acids is 2. The van der Waals surface area contributed by atoms with Gasteiger partial charge in [-0.25, -0.2) is 0 Å². The number of hydrogen-bond donors (Lipinski definition) is 2. The molecule has 2 rings (SSSR count). The average Bonchev–Trinajstić information content (AvgIpc) is 2.75. The van der Waals surface area contributed by atoms with Crippen LogP contribution in [-0.4, -0.2) is 21.6 Å². The van der Waals surface area contributed by atoms with Crippen LogP contribution in [0.2, 0.25) is 0 Å². The van der Waals surface area contributed by atoms with Crippen LogP contribution in [0.4, 0.5) is 5.69 Å². The second-order valence-electron chi connectivity index (χ2n) is 4.33. The molecule has 0 atom stereocenters. The number of primary amides is 1. The van der Waals surface area contributed by atoms with Crippen molar-refractivity contribution >= 4 is 33.4 Å². The number of nitrogens with zero attached hydrogens (tertiary/aromatic N) is 2. The molecule has 0 spiro atoms. The molecule has 0 aliphatic heterocycles. The van der Waals surface area contributed by atoms with Gasteiger partial charge in [0, 0.05) is 10.7 Å². The highest BCUT2D eigenvalue weighted by atomic mass is 79.9. The van der Waals surface area contributed by atoms with E-state index in [1.807, 2.05) is 19.1 Å². The Morgan fingerprint density at radius 2 is 2.20 bits per heavy atom. The number of nitrogens with two attached hydrogens (primary N) is 1. The third kappa shape index (κ3) is 3.45. The lowest BCUT2D eigenvalue weighted by molar-refractivity contribution is -0.118. The smallest absolute Gasteiger partial charge is 0.256 e. The van der Waals surface area contributed by atoms with E-state index in [4.69, 9.17) is 5.73 Å². The summed E-state index contributed by atoms with van der Waals surface area (Å²) in [6.07, 6.45) is 3.01. The highest BCUT2D eigenvalue weighted by Crippen LogP contribution is 2.19. The number of carbonyl (C=O) groups is 2. The Balaban J connectivity index is 2.11. The van der Waals surface area contributed by atoms with Gasteiger partial charge in [-0.1, -0.05) is 6.07 Å². The van der Waals surface area contributed by atoms with Gasteiger partial charge in [-0.05, 0) is 40.5 Å². The van der Waals surface area contributed by atoms with Crippen molar-refractivity contribution in [2.75, 3.05) is 5.32 Å². The van der Waals surface area contributed by atoms with Gasteiger partial charge in [0.15, 0.2) is 0 Å². The summed E-state index contributed by atoms with van der Waals surface area (Å²) in [7, 11) is 0. The van der Waals surface area contributed by atoms with Gasteiger partial charge in [-0.15, -0.1) is 0 Å². The van der Waals surface area contributed by atoms with Crippen LogP contribution in [0.5, 0.6) is 0 Å². The summed E-state index contributed by atoms with van der Waals surface area (Å²) in [5.74, 6) is -0.747. The molecule has 20 heavy (non-hydrogen) atoms. The van der Waals surface area contributed by atoms with Crippen molar-refractivity contribution in [1.82, 2.24) is 9.78 Å². The highest BCUT2D eigenvalue weighted by molar-refractivity contribution is 9.10. The summed E-state index contributed by atoms with van der Waals surface area (Å²) >= 11 is 3.36. The van der Waals surface area contributed by atoms with Crippen molar-refractivity contribution in [3.8, 4) is 0 Å². The molecule has 0 fully saturated rings. The standard InChI is InChI=1S/C13H13BrN4O2/c1-8-2-3-10(11(14)4-8)13(20)17-9-5-16-18(6-9)7-12(15)19/h2-6H,7H2,1H3,(H2,15,19)(H,17,20). The van der Waals surface area contributed by atoms with Crippen LogP contribution in [0, 0.1) is 6.92 Å². The van der Waals surface area contributed by atoms with E-state index in [0.29, 0.717) is 11.3 Å². The van der Waals surface area contributed by atoms with Crippen molar-refractivity contribution < 1.29 is 9.59 Å². The predicted molar refractivity (Wildman–Crippen MR) is 78.3 cm³/mol. The van der Waals surface area contributed by atoms with Crippen LogP contribution in [0.15, 0.2) is 35.1 Å². The first kappa shape index (κ1) is 14.3. The molecule has 6 nitrogen and oxygen atoms in total. The molecule has 0 aliphatic rings. The van der Waals surface area contributed by atoms with Crippen LogP contribution < -0.4 is 11.1 Å². The fourth-order valence-electron chi connectivity index (χ4n) is 1.68. The molecule has 1 aromatic heterocycles. The number of halogens is 1. The van der Waals surface area contributed by atoms with E-state index >= 15 is 0 Å². The fraction of sp³-hybridized carbons (Fsp3) is 0.154. The Hall–Kier alpha value is -2.15. The monoisotopic (exact) mass is 336 g/mol. The summed E-state index contributed by atoms with van der Waals surface area (Å²) in [5, 5.41) is 6.64. The Bertz CT molecular complexity index is 666. The maximum atomic E-state index is 12.1. The Morgan fingerprint density at radius 1 is 1.45 bits per heavy atom. The van der Waals surface area contributed by atoms with Gasteiger partial charge in [0.05, 0.1) is 17.4 Å². The predicted octanol–water partition coefficient (Wildman–Crippen LogP) is 1.69. The van der Waals surface area contributed by atoms with Crippen molar-refractivity contribution in [2.24, 2.45) is 5.73 Å². The van der Waals surface area contributed by atoms with Gasteiger partial charge in [-0.2, -0.15) is 5.10 Å². The minimum absolute atomic E-state index is 0.0237. The Labute approximate surface area is 124 Å². The second kappa shape index (κ2) is 5.87. The molecule has 2 aromatic rings. The normalized spacial score (nSPS) is 10.3. The van der Waals surface area contributed by atoms with Gasteiger partial charge in [-0.3, -0.25) is 14.3 Å². The summed E-state index contributed by atoms with van der Waals surface area (Å²) in [5.41, 5.74) is 7.15. The van der Waals surface area contributed by atoms with Gasteiger partial charge in [0.2, 0.25) is 5.91 Å². The molecule has 0 saturated carbocycles. The first-order valence-corrected chi connectivity index (χ1v) is 6.63. The Kier molecular flexibility index (Phi) is 4.19. The van der Waals surface area contributed by atoms with Crippen LogP contribution in [0.3, 0.4) is 0 Å². The van der Waals surface area contributed by atoms with E-state index in [1.165, 1.54) is 10.9 Å². The molecule has 0 aliphatic carbocycles.